The van der Waals surface area contributed by atoms with Crippen LogP contribution < -0.4 is 10.6 Å². The molecule has 0 aromatic carbocycles. The van der Waals surface area contributed by atoms with E-state index in [1.807, 2.05) is 6.92 Å². The maximum absolute atomic E-state index is 11.8. The highest BCUT2D eigenvalue weighted by Crippen LogP contribution is 2.27. The smallest absolute Gasteiger partial charge is 0.315 e. The number of urea groups is 1. The summed E-state index contributed by atoms with van der Waals surface area (Å²) in [5.41, 5.74) is -0.706. The topological polar surface area (TPSA) is 70.6 Å². The van der Waals surface area contributed by atoms with Crippen LogP contribution in [-0.2, 0) is 4.74 Å². The standard InChI is InChI=1S/C14H26N2O3/c1-11(12-6-5-9-19-12)16-13(17)15-10-14(18)7-3-2-4-8-14/h11-12,18H,2-10H2,1H3,(H2,15,16,17). The lowest BCUT2D eigenvalue weighted by molar-refractivity contribution is 0.00692. The summed E-state index contributed by atoms with van der Waals surface area (Å²) in [7, 11) is 0. The molecule has 1 heterocycles. The number of carbonyl (C=O) groups is 1. The Morgan fingerprint density at radius 3 is 2.74 bits per heavy atom. The zero-order valence-electron chi connectivity index (χ0n) is 11.8. The summed E-state index contributed by atoms with van der Waals surface area (Å²) in [5.74, 6) is 0. The van der Waals surface area contributed by atoms with Crippen molar-refractivity contribution in [1.82, 2.24) is 10.6 Å². The number of hydrogen-bond donors (Lipinski definition) is 3. The minimum Gasteiger partial charge on any atom is -0.388 e. The minimum atomic E-state index is -0.706. The predicted octanol–water partition coefficient (Wildman–Crippen LogP) is 1.55. The summed E-state index contributed by atoms with van der Waals surface area (Å²) in [5, 5.41) is 16.0. The fourth-order valence-electron chi connectivity index (χ4n) is 2.98. The van der Waals surface area contributed by atoms with Crippen molar-refractivity contribution < 1.29 is 14.6 Å². The van der Waals surface area contributed by atoms with Gasteiger partial charge < -0.3 is 20.5 Å². The van der Waals surface area contributed by atoms with Crippen molar-refractivity contribution in [3.05, 3.63) is 0 Å². The van der Waals surface area contributed by atoms with Crippen molar-refractivity contribution in [2.24, 2.45) is 0 Å². The molecule has 2 atom stereocenters. The van der Waals surface area contributed by atoms with Crippen molar-refractivity contribution in [1.29, 1.82) is 0 Å². The summed E-state index contributed by atoms with van der Waals surface area (Å²) in [6.07, 6.45) is 7.05. The Morgan fingerprint density at radius 2 is 2.11 bits per heavy atom. The Balaban J connectivity index is 1.68. The van der Waals surface area contributed by atoms with E-state index in [2.05, 4.69) is 10.6 Å². The molecule has 1 saturated heterocycles. The van der Waals surface area contributed by atoms with Crippen molar-refractivity contribution in [2.45, 2.75) is 69.6 Å². The second-order valence-electron chi connectivity index (χ2n) is 5.95. The molecule has 2 amide bonds. The van der Waals surface area contributed by atoms with Crippen molar-refractivity contribution in [2.75, 3.05) is 13.2 Å². The summed E-state index contributed by atoms with van der Waals surface area (Å²) in [4.78, 5) is 11.8. The lowest BCUT2D eigenvalue weighted by Gasteiger charge is -2.32. The summed E-state index contributed by atoms with van der Waals surface area (Å²) < 4.78 is 5.54. The van der Waals surface area contributed by atoms with E-state index in [1.165, 1.54) is 6.42 Å². The fourth-order valence-corrected chi connectivity index (χ4v) is 2.98. The van der Waals surface area contributed by atoms with Crippen molar-refractivity contribution >= 4 is 6.03 Å². The van der Waals surface area contributed by atoms with Gasteiger partial charge in [0.1, 0.15) is 0 Å². The van der Waals surface area contributed by atoms with E-state index in [0.29, 0.717) is 6.54 Å². The van der Waals surface area contributed by atoms with Crippen LogP contribution in [0.2, 0.25) is 0 Å². The largest absolute Gasteiger partial charge is 0.388 e. The summed E-state index contributed by atoms with van der Waals surface area (Å²) in [6, 6.07) is -0.189. The highest BCUT2D eigenvalue weighted by Gasteiger charge is 2.30. The van der Waals surface area contributed by atoms with Gasteiger partial charge in [-0.3, -0.25) is 0 Å². The SMILES string of the molecule is CC(NC(=O)NCC1(O)CCCCC1)C1CCCO1. The molecular formula is C14H26N2O3. The van der Waals surface area contributed by atoms with Gasteiger partial charge >= 0.3 is 6.03 Å². The Hall–Kier alpha value is -0.810. The number of carbonyl (C=O) groups excluding carboxylic acids is 1. The van der Waals surface area contributed by atoms with E-state index in [0.717, 1.165) is 45.1 Å². The number of ether oxygens (including phenoxy) is 1. The van der Waals surface area contributed by atoms with E-state index >= 15 is 0 Å². The van der Waals surface area contributed by atoms with Gasteiger partial charge in [-0.05, 0) is 32.6 Å². The second-order valence-corrected chi connectivity index (χ2v) is 5.95. The van der Waals surface area contributed by atoms with Gasteiger partial charge in [0.15, 0.2) is 0 Å². The normalized spacial score (nSPS) is 27.8. The van der Waals surface area contributed by atoms with Crippen molar-refractivity contribution in [3.8, 4) is 0 Å². The maximum Gasteiger partial charge on any atom is 0.315 e. The van der Waals surface area contributed by atoms with E-state index < -0.39 is 5.60 Å². The molecule has 1 aliphatic carbocycles. The Bertz CT molecular complexity index is 297. The van der Waals surface area contributed by atoms with Crippen LogP contribution in [0, 0.1) is 0 Å². The molecule has 1 aliphatic heterocycles. The van der Waals surface area contributed by atoms with Gasteiger partial charge in [-0.1, -0.05) is 19.3 Å². The first-order chi connectivity index (χ1) is 9.09. The zero-order valence-corrected chi connectivity index (χ0v) is 11.8. The molecule has 0 spiro atoms. The van der Waals surface area contributed by atoms with Crippen LogP contribution in [0.25, 0.3) is 0 Å². The first-order valence-corrected chi connectivity index (χ1v) is 7.47. The third-order valence-corrected chi connectivity index (χ3v) is 4.24. The Kier molecular flexibility index (Phi) is 5.05. The van der Waals surface area contributed by atoms with Crippen LogP contribution in [-0.4, -0.2) is 42.0 Å². The summed E-state index contributed by atoms with van der Waals surface area (Å²) in [6.45, 7) is 3.10. The molecule has 0 aromatic rings. The Labute approximate surface area is 115 Å². The molecule has 2 rings (SSSR count). The summed E-state index contributed by atoms with van der Waals surface area (Å²) >= 11 is 0. The molecule has 0 aromatic heterocycles. The van der Waals surface area contributed by atoms with Crippen molar-refractivity contribution in [3.63, 3.8) is 0 Å². The molecule has 2 unspecified atom stereocenters. The highest BCUT2D eigenvalue weighted by molar-refractivity contribution is 5.74. The number of nitrogens with one attached hydrogen (secondary N) is 2. The van der Waals surface area contributed by atoms with E-state index in [4.69, 9.17) is 4.74 Å². The average Bonchev–Trinajstić information content (AvgIpc) is 2.91. The number of rotatable bonds is 4. The lowest BCUT2D eigenvalue weighted by atomic mass is 9.85. The van der Waals surface area contributed by atoms with Crippen LogP contribution in [0.3, 0.4) is 0 Å². The first kappa shape index (κ1) is 14.6. The predicted molar refractivity (Wildman–Crippen MR) is 73.0 cm³/mol. The molecule has 110 valence electrons. The third kappa shape index (κ3) is 4.35. The van der Waals surface area contributed by atoms with Gasteiger partial charge in [0.25, 0.3) is 0 Å². The third-order valence-electron chi connectivity index (χ3n) is 4.24. The Morgan fingerprint density at radius 1 is 1.37 bits per heavy atom. The monoisotopic (exact) mass is 270 g/mol. The van der Waals surface area contributed by atoms with E-state index in [1.54, 1.807) is 0 Å². The van der Waals surface area contributed by atoms with Crippen LogP contribution in [0.15, 0.2) is 0 Å². The van der Waals surface area contributed by atoms with Crippen LogP contribution in [0.5, 0.6) is 0 Å². The second kappa shape index (κ2) is 6.57. The molecule has 2 fully saturated rings. The number of hydrogen-bond acceptors (Lipinski definition) is 3. The molecule has 0 radical (unpaired) electrons. The van der Waals surface area contributed by atoms with Crippen LogP contribution in [0.4, 0.5) is 4.79 Å². The fraction of sp³-hybridized carbons (Fsp3) is 0.929. The van der Waals surface area contributed by atoms with Crippen LogP contribution in [0.1, 0.15) is 51.9 Å². The average molecular weight is 270 g/mol. The lowest BCUT2D eigenvalue weighted by Crippen LogP contribution is -2.51. The minimum absolute atomic E-state index is 0.0171. The van der Waals surface area contributed by atoms with Gasteiger partial charge in [-0.25, -0.2) is 4.79 Å². The molecule has 3 N–H and O–H groups in total. The van der Waals surface area contributed by atoms with Gasteiger partial charge in [0.2, 0.25) is 0 Å². The van der Waals surface area contributed by atoms with Gasteiger partial charge in [0, 0.05) is 13.2 Å². The molecule has 5 nitrogen and oxygen atoms in total. The van der Waals surface area contributed by atoms with E-state index in [9.17, 15) is 9.90 Å². The number of amides is 2. The molecule has 1 saturated carbocycles. The van der Waals surface area contributed by atoms with Gasteiger partial charge in [0.05, 0.1) is 17.7 Å². The quantitative estimate of drug-likeness (QED) is 0.726. The molecule has 5 heteroatoms. The first-order valence-electron chi connectivity index (χ1n) is 7.47. The zero-order chi connectivity index (χ0) is 13.7. The number of aliphatic hydroxyl groups is 1. The molecule has 0 bridgehead atoms. The van der Waals surface area contributed by atoms with E-state index in [-0.39, 0.29) is 18.2 Å². The van der Waals surface area contributed by atoms with Gasteiger partial charge in [-0.2, -0.15) is 0 Å². The highest BCUT2D eigenvalue weighted by atomic mass is 16.5. The van der Waals surface area contributed by atoms with Gasteiger partial charge in [-0.15, -0.1) is 0 Å². The molecule has 2 aliphatic rings. The van der Waals surface area contributed by atoms with Crippen LogP contribution >= 0.6 is 0 Å². The molecule has 19 heavy (non-hydrogen) atoms. The maximum atomic E-state index is 11.8. The molecular weight excluding hydrogens is 244 g/mol.